The van der Waals surface area contributed by atoms with Crippen molar-refractivity contribution in [3.05, 3.63) is 0 Å². The van der Waals surface area contributed by atoms with Gasteiger partial charge in [0.15, 0.2) is 0 Å². The van der Waals surface area contributed by atoms with Gasteiger partial charge in [-0.15, -0.1) is 0 Å². The van der Waals surface area contributed by atoms with Crippen LogP contribution in [0, 0.1) is 0 Å². The van der Waals surface area contributed by atoms with Gasteiger partial charge in [-0.1, -0.05) is 13.3 Å². The molecular formula is C4H10ClKO3S. The summed E-state index contributed by atoms with van der Waals surface area (Å²) >= 11 is 4.64. The second-order valence-electron chi connectivity index (χ2n) is 1.68. The van der Waals surface area contributed by atoms with Gasteiger partial charge in [0.2, 0.25) is 0 Å². The maximum atomic E-state index is 10.4. The molecule has 0 heterocycles. The normalized spacial score (nSPS) is 10.6. The van der Waals surface area contributed by atoms with Crippen LogP contribution in [0.5, 0.6) is 0 Å². The van der Waals surface area contributed by atoms with E-state index in [9.17, 15) is 8.42 Å². The van der Waals surface area contributed by atoms with Crippen molar-refractivity contribution in [3.8, 4) is 0 Å². The summed E-state index contributed by atoms with van der Waals surface area (Å²) in [6, 6.07) is 0. The summed E-state index contributed by atoms with van der Waals surface area (Å²) in [4.78, 5) is 0. The van der Waals surface area contributed by atoms with Crippen LogP contribution in [0.3, 0.4) is 0 Å². The first kappa shape index (κ1) is 14.4. The van der Waals surface area contributed by atoms with Crippen LogP contribution in [0.15, 0.2) is 0 Å². The topological polar surface area (TPSA) is 43.4 Å². The first-order valence-electron chi connectivity index (χ1n) is 2.65. The summed E-state index contributed by atoms with van der Waals surface area (Å²) in [7, 11) is -3.42. The third kappa shape index (κ3) is 7.94. The van der Waals surface area contributed by atoms with Gasteiger partial charge in [-0.3, -0.25) is 0 Å². The standard InChI is InChI=1S/C4H9ClO3S.K.H/c1-2-3-4-9(6,7)8-5;;/h2-4H2,1H3;;. The molecule has 0 saturated carbocycles. The van der Waals surface area contributed by atoms with Crippen LogP contribution in [0.4, 0.5) is 0 Å². The van der Waals surface area contributed by atoms with Gasteiger partial charge in [0.25, 0.3) is 10.1 Å². The van der Waals surface area contributed by atoms with Crippen molar-refractivity contribution in [2.75, 3.05) is 5.75 Å². The van der Waals surface area contributed by atoms with Crippen molar-refractivity contribution in [3.63, 3.8) is 0 Å². The van der Waals surface area contributed by atoms with E-state index < -0.39 is 10.1 Å². The van der Waals surface area contributed by atoms with Gasteiger partial charge >= 0.3 is 51.4 Å². The molecule has 0 bridgehead atoms. The Morgan fingerprint density at radius 1 is 1.50 bits per heavy atom. The van der Waals surface area contributed by atoms with Crippen LogP contribution < -0.4 is 0 Å². The molecular weight excluding hydrogens is 203 g/mol. The Balaban J connectivity index is 0. The molecule has 0 aromatic carbocycles. The van der Waals surface area contributed by atoms with Crippen LogP contribution in [-0.4, -0.2) is 65.6 Å². The molecule has 0 aromatic rings. The summed E-state index contributed by atoms with van der Waals surface area (Å²) in [6.45, 7) is 1.89. The third-order valence-corrected chi connectivity index (χ3v) is 2.40. The zero-order valence-corrected chi connectivity index (χ0v) is 6.70. The molecule has 3 nitrogen and oxygen atoms in total. The van der Waals surface area contributed by atoms with Crippen molar-refractivity contribution >= 4 is 73.4 Å². The van der Waals surface area contributed by atoms with Crippen LogP contribution in [-0.2, 0) is 13.9 Å². The van der Waals surface area contributed by atoms with E-state index >= 15 is 0 Å². The second-order valence-corrected chi connectivity index (χ2v) is 3.71. The predicted octanol–water partition coefficient (Wildman–Crippen LogP) is 0.638. The molecule has 0 aliphatic heterocycles. The van der Waals surface area contributed by atoms with Gasteiger partial charge < -0.3 is 0 Å². The fraction of sp³-hybridized carbons (Fsp3) is 1.00. The molecule has 0 N–H and O–H groups in total. The van der Waals surface area contributed by atoms with Crippen molar-refractivity contribution in [1.29, 1.82) is 0 Å². The average molecular weight is 213 g/mol. The molecule has 58 valence electrons. The number of rotatable bonds is 4. The molecule has 0 aliphatic rings. The predicted molar refractivity (Wildman–Crippen MR) is 42.8 cm³/mol. The molecule has 0 rings (SSSR count). The fourth-order valence-electron chi connectivity index (χ4n) is 0.353. The molecule has 6 heteroatoms. The van der Waals surface area contributed by atoms with Crippen molar-refractivity contribution < 1.29 is 12.2 Å². The zero-order chi connectivity index (χ0) is 7.33. The summed E-state index contributed by atoms with van der Waals surface area (Å²) in [5, 5.41) is 0. The molecule has 0 radical (unpaired) electrons. The Morgan fingerprint density at radius 3 is 2.30 bits per heavy atom. The Hall–Kier alpha value is 1.84. The van der Waals surface area contributed by atoms with Gasteiger partial charge in [-0.25, -0.2) is 0 Å². The third-order valence-electron chi connectivity index (χ3n) is 0.844. The van der Waals surface area contributed by atoms with E-state index in [1.54, 1.807) is 0 Å². The molecule has 0 amide bonds. The minimum absolute atomic E-state index is 0. The van der Waals surface area contributed by atoms with E-state index in [1.807, 2.05) is 6.92 Å². The van der Waals surface area contributed by atoms with Gasteiger partial charge in [-0.05, 0) is 6.42 Å². The number of hydrogen-bond donors (Lipinski definition) is 0. The van der Waals surface area contributed by atoms with E-state index in [1.165, 1.54) is 0 Å². The van der Waals surface area contributed by atoms with Gasteiger partial charge in [0.1, 0.15) is 0 Å². The van der Waals surface area contributed by atoms with E-state index in [-0.39, 0.29) is 57.1 Å². The van der Waals surface area contributed by atoms with Crippen LogP contribution >= 0.6 is 11.9 Å². The molecule has 0 spiro atoms. The van der Waals surface area contributed by atoms with E-state index in [4.69, 9.17) is 0 Å². The van der Waals surface area contributed by atoms with E-state index in [2.05, 4.69) is 15.6 Å². The quantitative estimate of drug-likeness (QED) is 0.643. The molecule has 0 aromatic heterocycles. The summed E-state index contributed by atoms with van der Waals surface area (Å²) in [5.41, 5.74) is 0. The summed E-state index contributed by atoms with van der Waals surface area (Å²) < 4.78 is 24.5. The molecule has 0 unspecified atom stereocenters. The molecule has 0 fully saturated rings. The van der Waals surface area contributed by atoms with Crippen LogP contribution in [0.1, 0.15) is 19.8 Å². The summed E-state index contributed by atoms with van der Waals surface area (Å²) in [5.74, 6) is 0.00694. The Bertz CT molecular complexity index is 156. The Labute approximate surface area is 109 Å². The van der Waals surface area contributed by atoms with Gasteiger partial charge in [0.05, 0.1) is 17.6 Å². The SMILES string of the molecule is CCCCS(=O)(=O)OCl.[KH]. The van der Waals surface area contributed by atoms with Gasteiger partial charge in [-0.2, -0.15) is 12.2 Å². The monoisotopic (exact) mass is 212 g/mol. The van der Waals surface area contributed by atoms with Crippen LogP contribution in [0.25, 0.3) is 0 Å². The Morgan fingerprint density at radius 2 is 2.00 bits per heavy atom. The zero-order valence-electron chi connectivity index (χ0n) is 5.13. The first-order chi connectivity index (χ1) is 4.12. The molecule has 0 saturated heterocycles. The second kappa shape index (κ2) is 7.48. The number of halogens is 1. The van der Waals surface area contributed by atoms with E-state index in [0.717, 1.165) is 6.42 Å². The summed E-state index contributed by atoms with van der Waals surface area (Å²) in [6.07, 6.45) is 1.41. The molecule has 0 atom stereocenters. The van der Waals surface area contributed by atoms with Crippen LogP contribution in [0.2, 0.25) is 0 Å². The van der Waals surface area contributed by atoms with Crippen molar-refractivity contribution in [2.45, 2.75) is 19.8 Å². The van der Waals surface area contributed by atoms with Crippen molar-refractivity contribution in [1.82, 2.24) is 0 Å². The van der Waals surface area contributed by atoms with Crippen molar-refractivity contribution in [2.24, 2.45) is 0 Å². The number of hydrogen-bond acceptors (Lipinski definition) is 3. The van der Waals surface area contributed by atoms with Gasteiger partial charge in [0, 0.05) is 0 Å². The maximum absolute atomic E-state index is 10.4. The molecule has 10 heavy (non-hydrogen) atoms. The fourth-order valence-corrected chi connectivity index (χ4v) is 1.25. The molecule has 0 aliphatic carbocycles. The Kier molecular flexibility index (Phi) is 10.8. The first-order valence-corrected chi connectivity index (χ1v) is 4.54. The minimum atomic E-state index is -3.42. The van der Waals surface area contributed by atoms with E-state index in [0.29, 0.717) is 6.42 Å². The number of unbranched alkanes of at least 4 members (excludes halogenated alkanes) is 1. The average Bonchev–Trinajstić information content (AvgIpc) is 1.84.